The quantitative estimate of drug-likeness (QED) is 0.754. The Kier molecular flexibility index (Phi) is 5.14. The van der Waals surface area contributed by atoms with Crippen LogP contribution in [0.2, 0.25) is 0 Å². The normalized spacial score (nSPS) is 19.9. The first-order valence-corrected chi connectivity index (χ1v) is 9.96. The van der Waals surface area contributed by atoms with Gasteiger partial charge in [0, 0.05) is 39.5 Å². The first kappa shape index (κ1) is 15.9. The largest absolute Gasteiger partial charge is 0.353 e. The number of halogens is 1. The molecule has 0 bridgehead atoms. The Labute approximate surface area is 132 Å². The van der Waals surface area contributed by atoms with Crippen LogP contribution in [-0.4, -0.2) is 43.9 Å². The van der Waals surface area contributed by atoms with Crippen LogP contribution in [0.5, 0.6) is 0 Å². The molecule has 110 valence electrons. The molecule has 0 saturated carbocycles. The van der Waals surface area contributed by atoms with Crippen molar-refractivity contribution in [3.63, 3.8) is 0 Å². The van der Waals surface area contributed by atoms with Gasteiger partial charge in [-0.15, -0.1) is 0 Å². The molecule has 2 rings (SSSR count). The van der Waals surface area contributed by atoms with E-state index >= 15 is 0 Å². The third kappa shape index (κ3) is 3.20. The third-order valence-electron chi connectivity index (χ3n) is 3.33. The number of hydrogen-bond acceptors (Lipinski definition) is 5. The van der Waals surface area contributed by atoms with Crippen LogP contribution < -0.4 is 4.90 Å². The van der Waals surface area contributed by atoms with Crippen molar-refractivity contribution in [2.75, 3.05) is 28.7 Å². The molecule has 0 spiro atoms. The van der Waals surface area contributed by atoms with Crippen molar-refractivity contribution in [1.82, 2.24) is 0 Å². The lowest BCUT2D eigenvalue weighted by atomic mass is 10.1. The van der Waals surface area contributed by atoms with Gasteiger partial charge in [0.15, 0.2) is 16.1 Å². The van der Waals surface area contributed by atoms with Crippen molar-refractivity contribution in [1.29, 1.82) is 0 Å². The highest BCUT2D eigenvalue weighted by Gasteiger charge is 2.33. The summed E-state index contributed by atoms with van der Waals surface area (Å²) < 4.78 is 25.4. The lowest BCUT2D eigenvalue weighted by Crippen LogP contribution is -2.48. The van der Waals surface area contributed by atoms with Gasteiger partial charge in [0.25, 0.3) is 0 Å². The minimum absolute atomic E-state index is 0.110. The molecule has 1 heterocycles. The van der Waals surface area contributed by atoms with Gasteiger partial charge in [0.1, 0.15) is 5.37 Å². The number of thioether (sulfide) groups is 1. The predicted octanol–water partition coefficient (Wildman–Crippen LogP) is 2.58. The molecule has 1 atom stereocenters. The number of rotatable bonds is 4. The Morgan fingerprint density at radius 3 is 2.90 bits per heavy atom. The van der Waals surface area contributed by atoms with Crippen LogP contribution in [0.3, 0.4) is 0 Å². The fourth-order valence-electron chi connectivity index (χ4n) is 2.21. The lowest BCUT2D eigenvalue weighted by Gasteiger charge is -2.37. The second-order valence-corrected chi connectivity index (χ2v) is 9.01. The van der Waals surface area contributed by atoms with Crippen molar-refractivity contribution < 1.29 is 13.2 Å². The van der Waals surface area contributed by atoms with Gasteiger partial charge in [-0.25, -0.2) is 8.42 Å². The average Bonchev–Trinajstić information content (AvgIpc) is 2.47. The Morgan fingerprint density at radius 2 is 2.25 bits per heavy atom. The van der Waals surface area contributed by atoms with Crippen LogP contribution in [0.1, 0.15) is 17.3 Å². The number of benzene rings is 1. The topological polar surface area (TPSA) is 54.5 Å². The molecule has 0 aliphatic carbocycles. The maximum atomic E-state index is 12.3. The molecule has 20 heavy (non-hydrogen) atoms. The van der Waals surface area contributed by atoms with Crippen LogP contribution in [0.15, 0.2) is 22.7 Å². The van der Waals surface area contributed by atoms with E-state index in [1.807, 2.05) is 11.0 Å². The molecule has 4 nitrogen and oxygen atoms in total. The Balaban J connectivity index is 2.48. The number of aldehydes is 1. The van der Waals surface area contributed by atoms with E-state index in [2.05, 4.69) is 15.9 Å². The fourth-order valence-corrected chi connectivity index (χ4v) is 5.54. The molecule has 1 saturated heterocycles. The van der Waals surface area contributed by atoms with E-state index < -0.39 is 15.2 Å². The van der Waals surface area contributed by atoms with Gasteiger partial charge in [-0.2, -0.15) is 11.8 Å². The van der Waals surface area contributed by atoms with E-state index in [0.29, 0.717) is 23.5 Å². The number of anilines is 1. The number of carbonyl (C=O) groups excluding carboxylic acids is 1. The van der Waals surface area contributed by atoms with Crippen LogP contribution in [0.25, 0.3) is 0 Å². The number of sulfone groups is 1. The summed E-state index contributed by atoms with van der Waals surface area (Å²) in [5.74, 6) is 1.51. The zero-order chi connectivity index (χ0) is 14.8. The van der Waals surface area contributed by atoms with Gasteiger partial charge < -0.3 is 4.90 Å². The molecule has 1 aromatic carbocycles. The van der Waals surface area contributed by atoms with E-state index in [1.165, 1.54) is 0 Å². The molecule has 0 amide bonds. The van der Waals surface area contributed by atoms with Crippen LogP contribution in [-0.2, 0) is 9.84 Å². The predicted molar refractivity (Wildman–Crippen MR) is 87.4 cm³/mol. The van der Waals surface area contributed by atoms with Gasteiger partial charge in [-0.1, -0.05) is 22.9 Å². The minimum atomic E-state index is -3.18. The average molecular weight is 378 g/mol. The maximum absolute atomic E-state index is 12.3. The summed E-state index contributed by atoms with van der Waals surface area (Å²) in [5.41, 5.74) is 1.22. The summed E-state index contributed by atoms with van der Waals surface area (Å²) in [6, 6.07) is 5.32. The van der Waals surface area contributed by atoms with Crippen molar-refractivity contribution >= 4 is 49.5 Å². The van der Waals surface area contributed by atoms with E-state index in [9.17, 15) is 13.2 Å². The van der Waals surface area contributed by atoms with E-state index in [4.69, 9.17) is 0 Å². The Morgan fingerprint density at radius 1 is 1.50 bits per heavy atom. The zero-order valence-corrected chi connectivity index (χ0v) is 14.3. The first-order valence-electron chi connectivity index (χ1n) is 6.30. The van der Waals surface area contributed by atoms with Crippen molar-refractivity contribution in [3.8, 4) is 0 Å². The Hall–Kier alpha value is -0.530. The van der Waals surface area contributed by atoms with Gasteiger partial charge in [-0.05, 0) is 18.2 Å². The maximum Gasteiger partial charge on any atom is 0.171 e. The second kappa shape index (κ2) is 6.49. The monoisotopic (exact) mass is 377 g/mol. The van der Waals surface area contributed by atoms with Gasteiger partial charge in [0.2, 0.25) is 0 Å². The molecule has 1 unspecified atom stereocenters. The highest BCUT2D eigenvalue weighted by Crippen LogP contribution is 2.31. The van der Waals surface area contributed by atoms with Gasteiger partial charge >= 0.3 is 0 Å². The van der Waals surface area contributed by atoms with Crippen LogP contribution in [0, 0.1) is 0 Å². The molecule has 1 fully saturated rings. The van der Waals surface area contributed by atoms with E-state index in [0.717, 1.165) is 16.5 Å². The van der Waals surface area contributed by atoms with Crippen molar-refractivity contribution in [3.05, 3.63) is 28.2 Å². The molecular formula is C13H16BrNO3S2. The fraction of sp³-hybridized carbons (Fsp3) is 0.462. The summed E-state index contributed by atoms with van der Waals surface area (Å²) >= 11 is 5.02. The SMILES string of the molecule is CCS(=O)(=O)C1CSCCN1c1cc(Br)ccc1C=O. The molecule has 0 aromatic heterocycles. The van der Waals surface area contributed by atoms with Crippen molar-refractivity contribution in [2.24, 2.45) is 0 Å². The lowest BCUT2D eigenvalue weighted by molar-refractivity contribution is 0.112. The number of hydrogen-bond donors (Lipinski definition) is 0. The highest BCUT2D eigenvalue weighted by atomic mass is 79.9. The minimum Gasteiger partial charge on any atom is -0.353 e. The molecule has 1 aliphatic rings. The van der Waals surface area contributed by atoms with E-state index in [-0.39, 0.29) is 5.75 Å². The summed E-state index contributed by atoms with van der Waals surface area (Å²) in [6.45, 7) is 2.29. The molecule has 0 radical (unpaired) electrons. The molecular weight excluding hydrogens is 362 g/mol. The van der Waals surface area contributed by atoms with Crippen LogP contribution >= 0.6 is 27.7 Å². The Bertz CT molecular complexity index is 604. The third-order valence-corrected chi connectivity index (χ3v) is 7.11. The molecule has 1 aromatic rings. The summed E-state index contributed by atoms with van der Waals surface area (Å²) in [4.78, 5) is 13.1. The molecule has 7 heteroatoms. The number of nitrogens with zero attached hydrogens (tertiary/aromatic N) is 1. The molecule has 1 aliphatic heterocycles. The standard InChI is InChI=1S/C13H16BrNO3S2/c1-2-20(17,18)13-9-19-6-5-15(13)12-7-11(14)4-3-10(12)8-16/h3-4,7-8,13H,2,5-6,9H2,1H3. The summed E-state index contributed by atoms with van der Waals surface area (Å²) in [5, 5.41) is -0.556. The second-order valence-electron chi connectivity index (χ2n) is 4.50. The number of carbonyl (C=O) groups is 1. The van der Waals surface area contributed by atoms with Gasteiger partial charge in [0.05, 0.1) is 0 Å². The summed E-state index contributed by atoms with van der Waals surface area (Å²) in [7, 11) is -3.18. The van der Waals surface area contributed by atoms with Crippen molar-refractivity contribution in [2.45, 2.75) is 12.3 Å². The van der Waals surface area contributed by atoms with Gasteiger partial charge in [-0.3, -0.25) is 4.79 Å². The molecule has 0 N–H and O–H groups in total. The smallest absolute Gasteiger partial charge is 0.171 e. The van der Waals surface area contributed by atoms with E-state index in [1.54, 1.807) is 30.8 Å². The first-order chi connectivity index (χ1) is 9.49. The van der Waals surface area contributed by atoms with Crippen LogP contribution in [0.4, 0.5) is 5.69 Å². The highest BCUT2D eigenvalue weighted by molar-refractivity contribution is 9.10. The zero-order valence-electron chi connectivity index (χ0n) is 11.1. The summed E-state index contributed by atoms with van der Waals surface area (Å²) in [6.07, 6.45) is 0.777.